The topological polar surface area (TPSA) is 66.5 Å². The van der Waals surface area contributed by atoms with E-state index in [1.54, 1.807) is 6.20 Å². The molecule has 2 heterocycles. The van der Waals surface area contributed by atoms with Crippen molar-refractivity contribution in [3.63, 3.8) is 0 Å². The molecule has 0 aliphatic heterocycles. The van der Waals surface area contributed by atoms with E-state index in [2.05, 4.69) is 49.6 Å². The molecular formula is C18H17N5. The van der Waals surface area contributed by atoms with Gasteiger partial charge in [-0.15, -0.1) is 0 Å². The van der Waals surface area contributed by atoms with E-state index in [0.29, 0.717) is 12.5 Å². The minimum atomic E-state index is 0.390. The second-order valence-corrected chi connectivity index (χ2v) is 5.54. The van der Waals surface area contributed by atoms with Crippen LogP contribution in [0, 0.1) is 0 Å². The summed E-state index contributed by atoms with van der Waals surface area (Å²) in [5, 5.41) is 3.27. The summed E-state index contributed by atoms with van der Waals surface area (Å²) in [6, 6.07) is 7.84. The monoisotopic (exact) mass is 303 g/mol. The molecule has 5 heteroatoms. The van der Waals surface area contributed by atoms with Crippen molar-refractivity contribution in [2.24, 2.45) is 0 Å². The van der Waals surface area contributed by atoms with Gasteiger partial charge in [0.1, 0.15) is 11.6 Å². The molecule has 0 radical (unpaired) electrons. The molecule has 1 aromatic carbocycles. The van der Waals surface area contributed by atoms with Gasteiger partial charge in [-0.1, -0.05) is 36.4 Å². The number of hydrogen-bond acceptors (Lipinski definition) is 4. The van der Waals surface area contributed by atoms with E-state index in [1.165, 1.54) is 0 Å². The van der Waals surface area contributed by atoms with Crippen molar-refractivity contribution in [1.82, 2.24) is 19.9 Å². The van der Waals surface area contributed by atoms with Gasteiger partial charge in [0.2, 0.25) is 0 Å². The molecule has 4 rings (SSSR count). The van der Waals surface area contributed by atoms with Crippen LogP contribution in [0.15, 0.2) is 61.0 Å². The van der Waals surface area contributed by atoms with E-state index in [1.807, 2.05) is 30.5 Å². The molecule has 23 heavy (non-hydrogen) atoms. The van der Waals surface area contributed by atoms with Crippen molar-refractivity contribution in [3.8, 4) is 0 Å². The minimum absolute atomic E-state index is 0.390. The van der Waals surface area contributed by atoms with Crippen LogP contribution in [0.1, 0.15) is 23.9 Å². The predicted octanol–water partition coefficient (Wildman–Crippen LogP) is 3.56. The summed E-state index contributed by atoms with van der Waals surface area (Å²) in [5.41, 5.74) is 2.93. The summed E-state index contributed by atoms with van der Waals surface area (Å²) in [5.74, 6) is 2.04. The van der Waals surface area contributed by atoms with Gasteiger partial charge in [-0.2, -0.15) is 0 Å². The van der Waals surface area contributed by atoms with Gasteiger partial charge >= 0.3 is 0 Å². The SMILES string of the molecule is C1=CCC(c2cnc(CNc3cnc4ccccc4n3)[nH]2)C=C1. The highest BCUT2D eigenvalue weighted by molar-refractivity contribution is 5.75. The van der Waals surface area contributed by atoms with Crippen LogP contribution in [-0.4, -0.2) is 19.9 Å². The number of hydrogen-bond donors (Lipinski definition) is 2. The molecule has 1 aliphatic carbocycles. The van der Waals surface area contributed by atoms with Crippen molar-refractivity contribution in [3.05, 3.63) is 72.5 Å². The third-order valence-corrected chi connectivity index (χ3v) is 3.91. The number of aromatic amines is 1. The lowest BCUT2D eigenvalue weighted by molar-refractivity contribution is 0.816. The Morgan fingerprint density at radius 2 is 2.00 bits per heavy atom. The van der Waals surface area contributed by atoms with Crippen LogP contribution in [-0.2, 0) is 6.54 Å². The van der Waals surface area contributed by atoms with E-state index < -0.39 is 0 Å². The molecule has 0 saturated heterocycles. The van der Waals surface area contributed by atoms with Crippen molar-refractivity contribution in [1.29, 1.82) is 0 Å². The van der Waals surface area contributed by atoms with Crippen molar-refractivity contribution in [2.75, 3.05) is 5.32 Å². The highest BCUT2D eigenvalue weighted by atomic mass is 15.0. The minimum Gasteiger partial charge on any atom is -0.362 e. The molecule has 0 fully saturated rings. The third-order valence-electron chi connectivity index (χ3n) is 3.91. The first-order chi connectivity index (χ1) is 11.4. The highest BCUT2D eigenvalue weighted by Crippen LogP contribution is 2.22. The number of para-hydroxylation sites is 2. The number of anilines is 1. The molecule has 0 bridgehead atoms. The number of nitrogens with one attached hydrogen (secondary N) is 2. The van der Waals surface area contributed by atoms with Gasteiger partial charge < -0.3 is 10.3 Å². The van der Waals surface area contributed by atoms with E-state index >= 15 is 0 Å². The summed E-state index contributed by atoms with van der Waals surface area (Å²) in [4.78, 5) is 16.8. The Labute approximate surface area is 134 Å². The van der Waals surface area contributed by atoms with E-state index in [4.69, 9.17) is 0 Å². The maximum Gasteiger partial charge on any atom is 0.145 e. The average Bonchev–Trinajstić information content (AvgIpc) is 3.10. The Kier molecular flexibility index (Phi) is 3.60. The van der Waals surface area contributed by atoms with Gasteiger partial charge in [0.25, 0.3) is 0 Å². The number of aromatic nitrogens is 4. The van der Waals surface area contributed by atoms with Crippen LogP contribution in [0.5, 0.6) is 0 Å². The number of H-pyrrole nitrogens is 1. The quantitative estimate of drug-likeness (QED) is 0.773. The molecule has 1 aliphatic rings. The molecule has 0 saturated carbocycles. The Morgan fingerprint density at radius 1 is 1.09 bits per heavy atom. The fourth-order valence-electron chi connectivity index (χ4n) is 2.68. The fraction of sp³-hybridized carbons (Fsp3) is 0.167. The molecule has 1 atom stereocenters. The van der Waals surface area contributed by atoms with Crippen molar-refractivity contribution >= 4 is 16.9 Å². The van der Waals surface area contributed by atoms with Gasteiger partial charge in [0, 0.05) is 17.8 Å². The Bertz CT molecular complexity index is 878. The van der Waals surface area contributed by atoms with Crippen LogP contribution >= 0.6 is 0 Å². The summed E-state index contributed by atoms with van der Waals surface area (Å²) >= 11 is 0. The summed E-state index contributed by atoms with van der Waals surface area (Å²) in [7, 11) is 0. The zero-order chi connectivity index (χ0) is 15.5. The first-order valence-electron chi connectivity index (χ1n) is 7.71. The highest BCUT2D eigenvalue weighted by Gasteiger charge is 2.11. The third kappa shape index (κ3) is 2.99. The zero-order valence-electron chi connectivity index (χ0n) is 12.6. The Hall–Kier alpha value is -2.95. The maximum atomic E-state index is 4.55. The number of nitrogens with zero attached hydrogens (tertiary/aromatic N) is 3. The number of rotatable bonds is 4. The van der Waals surface area contributed by atoms with Gasteiger partial charge in [-0.3, -0.25) is 4.98 Å². The molecule has 1 unspecified atom stereocenters. The largest absolute Gasteiger partial charge is 0.362 e. The van der Waals surface area contributed by atoms with E-state index in [-0.39, 0.29) is 0 Å². The van der Waals surface area contributed by atoms with Crippen LogP contribution in [0.2, 0.25) is 0 Å². The van der Waals surface area contributed by atoms with Crippen molar-refractivity contribution in [2.45, 2.75) is 18.9 Å². The van der Waals surface area contributed by atoms with Gasteiger partial charge in [-0.25, -0.2) is 9.97 Å². The van der Waals surface area contributed by atoms with E-state index in [0.717, 1.165) is 34.8 Å². The average molecular weight is 303 g/mol. The number of fused-ring (bicyclic) bond motifs is 1. The normalized spacial score (nSPS) is 16.8. The zero-order valence-corrected chi connectivity index (χ0v) is 12.6. The molecule has 5 nitrogen and oxygen atoms in total. The standard InChI is InChI=1S/C18H17N5/c1-2-6-13(7-3-1)16-10-20-18(23-16)12-21-17-11-19-14-8-4-5-9-15(14)22-17/h1-6,8-11,13H,7,12H2,(H,20,23)(H,21,22). The van der Waals surface area contributed by atoms with Gasteiger partial charge in [0.05, 0.1) is 23.8 Å². The molecule has 2 aromatic heterocycles. The summed E-state index contributed by atoms with van der Waals surface area (Å²) < 4.78 is 0. The fourth-order valence-corrected chi connectivity index (χ4v) is 2.68. The lowest BCUT2D eigenvalue weighted by Gasteiger charge is -2.10. The molecular weight excluding hydrogens is 286 g/mol. The second-order valence-electron chi connectivity index (χ2n) is 5.54. The predicted molar refractivity (Wildman–Crippen MR) is 91.1 cm³/mol. The number of benzene rings is 1. The molecule has 0 spiro atoms. The molecule has 0 amide bonds. The van der Waals surface area contributed by atoms with Gasteiger partial charge in [0.15, 0.2) is 0 Å². The summed E-state index contributed by atoms with van der Waals surface area (Å²) in [6.07, 6.45) is 13.2. The molecule has 2 N–H and O–H groups in total. The molecule has 114 valence electrons. The molecule has 3 aromatic rings. The van der Waals surface area contributed by atoms with Crippen LogP contribution in [0.25, 0.3) is 11.0 Å². The number of imidazole rings is 1. The second kappa shape index (κ2) is 6.04. The van der Waals surface area contributed by atoms with Crippen LogP contribution < -0.4 is 5.32 Å². The lowest BCUT2D eigenvalue weighted by atomic mass is 9.98. The van der Waals surface area contributed by atoms with Crippen molar-refractivity contribution < 1.29 is 0 Å². The van der Waals surface area contributed by atoms with Crippen LogP contribution in [0.3, 0.4) is 0 Å². The van der Waals surface area contributed by atoms with E-state index in [9.17, 15) is 0 Å². The van der Waals surface area contributed by atoms with Gasteiger partial charge in [-0.05, 0) is 18.6 Å². The first-order valence-corrected chi connectivity index (χ1v) is 7.71. The number of allylic oxidation sites excluding steroid dienone is 4. The van der Waals surface area contributed by atoms with Crippen LogP contribution in [0.4, 0.5) is 5.82 Å². The first kappa shape index (κ1) is 13.7. The summed E-state index contributed by atoms with van der Waals surface area (Å²) in [6.45, 7) is 0.597. The smallest absolute Gasteiger partial charge is 0.145 e. The lowest BCUT2D eigenvalue weighted by Crippen LogP contribution is -2.04. The Balaban J connectivity index is 1.45. The Morgan fingerprint density at radius 3 is 2.87 bits per heavy atom. The maximum absolute atomic E-state index is 4.55.